The quantitative estimate of drug-likeness (QED) is 0.547. The third-order valence-corrected chi connectivity index (χ3v) is 2.51. The topological polar surface area (TPSA) is 60.2 Å². The van der Waals surface area contributed by atoms with E-state index in [2.05, 4.69) is 0 Å². The molecule has 0 amide bonds. The van der Waals surface area contributed by atoms with E-state index >= 15 is 0 Å². The SMILES string of the molecule is CCC(=O)C[C@@H](C[N+](=O)[O-])c1ccccc1. The van der Waals surface area contributed by atoms with Crippen molar-refractivity contribution in [2.24, 2.45) is 0 Å². The van der Waals surface area contributed by atoms with Gasteiger partial charge in [-0.05, 0) is 5.56 Å². The lowest BCUT2D eigenvalue weighted by Gasteiger charge is -2.11. The molecule has 0 aliphatic rings. The van der Waals surface area contributed by atoms with E-state index in [1.54, 1.807) is 6.92 Å². The highest BCUT2D eigenvalue weighted by Crippen LogP contribution is 2.20. The summed E-state index contributed by atoms with van der Waals surface area (Å²) in [7, 11) is 0. The third kappa shape index (κ3) is 3.81. The van der Waals surface area contributed by atoms with E-state index in [9.17, 15) is 14.9 Å². The van der Waals surface area contributed by atoms with Crippen molar-refractivity contribution in [3.05, 3.63) is 46.0 Å². The number of ketones is 1. The first-order chi connectivity index (χ1) is 7.63. The average molecular weight is 221 g/mol. The van der Waals surface area contributed by atoms with Crippen LogP contribution in [0.5, 0.6) is 0 Å². The molecule has 4 nitrogen and oxygen atoms in total. The van der Waals surface area contributed by atoms with Gasteiger partial charge in [0.1, 0.15) is 5.78 Å². The number of nitrogens with zero attached hydrogens (tertiary/aromatic N) is 1. The minimum Gasteiger partial charge on any atom is -0.300 e. The molecule has 1 aromatic rings. The summed E-state index contributed by atoms with van der Waals surface area (Å²) >= 11 is 0. The van der Waals surface area contributed by atoms with E-state index < -0.39 is 0 Å². The molecule has 0 radical (unpaired) electrons. The summed E-state index contributed by atoms with van der Waals surface area (Å²) in [5, 5.41) is 10.5. The molecule has 0 bridgehead atoms. The summed E-state index contributed by atoms with van der Waals surface area (Å²) < 4.78 is 0. The number of Topliss-reactive ketones (excluding diaryl/α,β-unsaturated/α-hetero) is 1. The maximum atomic E-state index is 11.4. The molecular weight excluding hydrogens is 206 g/mol. The second-order valence-corrected chi connectivity index (χ2v) is 3.72. The molecule has 1 rings (SSSR count). The lowest BCUT2D eigenvalue weighted by molar-refractivity contribution is -0.483. The van der Waals surface area contributed by atoms with E-state index in [0.29, 0.717) is 6.42 Å². The van der Waals surface area contributed by atoms with Gasteiger partial charge < -0.3 is 0 Å². The van der Waals surface area contributed by atoms with Crippen LogP contribution in [0.1, 0.15) is 31.2 Å². The van der Waals surface area contributed by atoms with Crippen LogP contribution in [0.25, 0.3) is 0 Å². The van der Waals surface area contributed by atoms with Crippen molar-refractivity contribution in [2.45, 2.75) is 25.7 Å². The summed E-state index contributed by atoms with van der Waals surface area (Å²) in [6.07, 6.45) is 0.683. The monoisotopic (exact) mass is 221 g/mol. The minimum absolute atomic E-state index is 0.0655. The maximum Gasteiger partial charge on any atom is 0.211 e. The normalized spacial score (nSPS) is 12.1. The highest BCUT2D eigenvalue weighted by molar-refractivity contribution is 5.78. The number of carbonyl (C=O) groups excluding carboxylic acids is 1. The summed E-state index contributed by atoms with van der Waals surface area (Å²) in [4.78, 5) is 21.5. The Morgan fingerprint density at radius 2 is 2.00 bits per heavy atom. The van der Waals surface area contributed by atoms with Crippen LogP contribution in [-0.2, 0) is 4.79 Å². The Labute approximate surface area is 94.4 Å². The van der Waals surface area contributed by atoms with Crippen LogP contribution in [-0.4, -0.2) is 17.3 Å². The van der Waals surface area contributed by atoms with E-state index in [-0.39, 0.29) is 29.6 Å². The summed E-state index contributed by atoms with van der Waals surface area (Å²) in [5.41, 5.74) is 0.862. The molecular formula is C12H15NO3. The van der Waals surface area contributed by atoms with Crippen LogP contribution in [0.3, 0.4) is 0 Å². The molecule has 86 valence electrons. The van der Waals surface area contributed by atoms with Crippen LogP contribution in [0, 0.1) is 10.1 Å². The molecule has 16 heavy (non-hydrogen) atoms. The number of carbonyl (C=O) groups is 1. The van der Waals surface area contributed by atoms with E-state index in [1.165, 1.54) is 0 Å². The van der Waals surface area contributed by atoms with Crippen LogP contribution >= 0.6 is 0 Å². The zero-order valence-corrected chi connectivity index (χ0v) is 9.26. The first-order valence-electron chi connectivity index (χ1n) is 5.32. The fraction of sp³-hybridized carbons (Fsp3) is 0.417. The molecule has 0 heterocycles. The first-order valence-corrected chi connectivity index (χ1v) is 5.32. The fourth-order valence-corrected chi connectivity index (χ4v) is 1.61. The number of benzene rings is 1. The predicted molar refractivity (Wildman–Crippen MR) is 61.0 cm³/mol. The molecule has 0 N–H and O–H groups in total. The molecule has 4 heteroatoms. The van der Waals surface area contributed by atoms with Gasteiger partial charge in [-0.15, -0.1) is 0 Å². The largest absolute Gasteiger partial charge is 0.300 e. The van der Waals surface area contributed by atoms with E-state index in [4.69, 9.17) is 0 Å². The molecule has 0 aliphatic carbocycles. The smallest absolute Gasteiger partial charge is 0.211 e. The standard InChI is InChI=1S/C12H15NO3/c1-2-12(14)8-11(9-13(15)16)10-6-4-3-5-7-10/h3-7,11H,2,8-9H2,1H3/t11-/m0/s1. The predicted octanol–water partition coefficient (Wildman–Crippen LogP) is 2.42. The Morgan fingerprint density at radius 1 is 1.38 bits per heavy atom. The second kappa shape index (κ2) is 6.00. The number of nitro groups is 1. The van der Waals surface area contributed by atoms with Gasteiger partial charge in [-0.25, -0.2) is 0 Å². The molecule has 0 fully saturated rings. The van der Waals surface area contributed by atoms with Crippen molar-refractivity contribution in [3.8, 4) is 0 Å². The summed E-state index contributed by atoms with van der Waals surface area (Å²) in [6, 6.07) is 9.18. The van der Waals surface area contributed by atoms with Gasteiger partial charge in [0, 0.05) is 17.8 Å². The molecule has 0 spiro atoms. The Hall–Kier alpha value is -1.71. The fourth-order valence-electron chi connectivity index (χ4n) is 1.61. The number of rotatable bonds is 6. The van der Waals surface area contributed by atoms with Gasteiger partial charge in [0.25, 0.3) is 0 Å². The molecule has 0 saturated carbocycles. The van der Waals surface area contributed by atoms with Gasteiger partial charge >= 0.3 is 0 Å². The Morgan fingerprint density at radius 3 is 2.50 bits per heavy atom. The highest BCUT2D eigenvalue weighted by atomic mass is 16.6. The van der Waals surface area contributed by atoms with Gasteiger partial charge in [-0.1, -0.05) is 37.3 Å². The van der Waals surface area contributed by atoms with Crippen LogP contribution in [0.4, 0.5) is 0 Å². The van der Waals surface area contributed by atoms with Gasteiger partial charge in [0.15, 0.2) is 0 Å². The molecule has 0 saturated heterocycles. The minimum atomic E-state index is -0.361. The van der Waals surface area contributed by atoms with Crippen molar-refractivity contribution in [1.82, 2.24) is 0 Å². The zero-order valence-electron chi connectivity index (χ0n) is 9.26. The van der Waals surface area contributed by atoms with Crippen LogP contribution in [0.15, 0.2) is 30.3 Å². The van der Waals surface area contributed by atoms with Gasteiger partial charge in [0.05, 0.1) is 5.92 Å². The first kappa shape index (κ1) is 12.4. The van der Waals surface area contributed by atoms with Gasteiger partial charge in [-0.3, -0.25) is 14.9 Å². The van der Waals surface area contributed by atoms with E-state index in [0.717, 1.165) is 5.56 Å². The summed E-state index contributed by atoms with van der Waals surface area (Å²) in [6.45, 7) is 1.59. The Bertz CT molecular complexity index is 362. The van der Waals surface area contributed by atoms with E-state index in [1.807, 2.05) is 30.3 Å². The average Bonchev–Trinajstić information content (AvgIpc) is 2.28. The summed E-state index contributed by atoms with van der Waals surface area (Å²) in [5.74, 6) is -0.237. The molecule has 0 unspecified atom stereocenters. The van der Waals surface area contributed by atoms with Gasteiger partial charge in [0.2, 0.25) is 6.54 Å². The van der Waals surface area contributed by atoms with Crippen molar-refractivity contribution in [1.29, 1.82) is 0 Å². The zero-order chi connectivity index (χ0) is 12.0. The third-order valence-electron chi connectivity index (χ3n) is 2.51. The molecule has 0 aromatic heterocycles. The van der Waals surface area contributed by atoms with Crippen molar-refractivity contribution in [3.63, 3.8) is 0 Å². The molecule has 1 atom stereocenters. The van der Waals surface area contributed by atoms with Gasteiger partial charge in [-0.2, -0.15) is 0 Å². The lowest BCUT2D eigenvalue weighted by Crippen LogP contribution is -2.16. The Balaban J connectivity index is 2.79. The van der Waals surface area contributed by atoms with Crippen LogP contribution in [0.2, 0.25) is 0 Å². The number of hydrogen-bond donors (Lipinski definition) is 0. The Kier molecular flexibility index (Phi) is 4.64. The highest BCUT2D eigenvalue weighted by Gasteiger charge is 2.20. The van der Waals surface area contributed by atoms with Crippen molar-refractivity contribution in [2.75, 3.05) is 6.54 Å². The maximum absolute atomic E-state index is 11.4. The van der Waals surface area contributed by atoms with Crippen LogP contribution < -0.4 is 0 Å². The molecule has 1 aromatic carbocycles. The second-order valence-electron chi connectivity index (χ2n) is 3.72. The van der Waals surface area contributed by atoms with Crippen molar-refractivity contribution < 1.29 is 9.72 Å². The lowest BCUT2D eigenvalue weighted by atomic mass is 9.93. The number of hydrogen-bond acceptors (Lipinski definition) is 3. The van der Waals surface area contributed by atoms with Crippen molar-refractivity contribution >= 4 is 5.78 Å². The molecule has 0 aliphatic heterocycles.